The number of hydrogen-bond donors (Lipinski definition) is 0. The predicted octanol–water partition coefficient (Wildman–Crippen LogP) is 4.45. The van der Waals surface area contributed by atoms with Gasteiger partial charge in [-0.2, -0.15) is 10.1 Å². The molecule has 0 saturated heterocycles. The largest absolute Gasteiger partial charge is 0.343 e. The van der Waals surface area contributed by atoms with Crippen LogP contribution in [0.25, 0.3) is 0 Å². The molecule has 0 atom stereocenters. The molecule has 0 radical (unpaired) electrons. The van der Waals surface area contributed by atoms with Crippen LogP contribution in [0, 0.1) is 0 Å². The average Bonchev–Trinajstić information content (AvgIpc) is 2.71. The topological polar surface area (TPSA) is 45.2 Å². The smallest absolute Gasteiger partial charge is 0.247 e. The van der Waals surface area contributed by atoms with E-state index in [2.05, 4.69) is 63.3 Å². The van der Waals surface area contributed by atoms with Crippen molar-refractivity contribution in [2.24, 2.45) is 0 Å². The first kappa shape index (κ1) is 17.9. The molecule has 3 rings (SSSR count). The van der Waals surface area contributed by atoms with E-state index in [4.69, 9.17) is 4.98 Å². The number of anilines is 3. The van der Waals surface area contributed by atoms with Crippen molar-refractivity contribution < 1.29 is 0 Å². The van der Waals surface area contributed by atoms with Gasteiger partial charge in [0.25, 0.3) is 0 Å². The second kappa shape index (κ2) is 8.94. The standard InChI is InChI=1S/C21H25N5/c1-3-4-15-25(2)21-23-20(16-22-24-21)26(19-13-9-6-10-14-19)17-18-11-7-5-8-12-18/h5-14,16H,3-4,15,17H2,1-2H3. The van der Waals surface area contributed by atoms with Gasteiger partial charge in [-0.3, -0.25) is 0 Å². The van der Waals surface area contributed by atoms with E-state index in [-0.39, 0.29) is 0 Å². The number of benzene rings is 2. The molecule has 1 heterocycles. The molecule has 0 aliphatic rings. The lowest BCUT2D eigenvalue weighted by atomic mass is 10.2. The molecule has 0 spiro atoms. The van der Waals surface area contributed by atoms with Crippen molar-refractivity contribution >= 4 is 17.5 Å². The van der Waals surface area contributed by atoms with E-state index in [9.17, 15) is 0 Å². The minimum Gasteiger partial charge on any atom is -0.343 e. The quantitative estimate of drug-likeness (QED) is 0.602. The first-order valence-corrected chi connectivity index (χ1v) is 9.05. The van der Waals surface area contributed by atoms with Crippen LogP contribution in [0.5, 0.6) is 0 Å². The minimum absolute atomic E-state index is 0.657. The van der Waals surface area contributed by atoms with E-state index in [1.54, 1.807) is 6.20 Å². The fourth-order valence-electron chi connectivity index (χ4n) is 2.75. The van der Waals surface area contributed by atoms with Gasteiger partial charge < -0.3 is 9.80 Å². The SMILES string of the molecule is CCCCN(C)c1nncc(N(Cc2ccccc2)c2ccccc2)n1. The first-order valence-electron chi connectivity index (χ1n) is 9.05. The molecule has 2 aromatic carbocycles. The van der Waals surface area contributed by atoms with Gasteiger partial charge in [-0.15, -0.1) is 5.10 Å². The van der Waals surface area contributed by atoms with Crippen molar-refractivity contribution in [1.29, 1.82) is 0 Å². The Morgan fingerprint density at radius 3 is 2.31 bits per heavy atom. The molecule has 0 saturated carbocycles. The van der Waals surface area contributed by atoms with Crippen molar-refractivity contribution in [3.05, 3.63) is 72.4 Å². The number of para-hydroxylation sites is 1. The average molecular weight is 347 g/mol. The Morgan fingerprint density at radius 1 is 0.923 bits per heavy atom. The molecule has 1 aromatic heterocycles. The summed E-state index contributed by atoms with van der Waals surface area (Å²) < 4.78 is 0. The van der Waals surface area contributed by atoms with Crippen molar-refractivity contribution in [1.82, 2.24) is 15.2 Å². The van der Waals surface area contributed by atoms with Crippen LogP contribution in [-0.2, 0) is 6.54 Å². The zero-order chi connectivity index (χ0) is 18.2. The number of aromatic nitrogens is 3. The van der Waals surface area contributed by atoms with Crippen LogP contribution in [0.15, 0.2) is 66.9 Å². The lowest BCUT2D eigenvalue weighted by molar-refractivity contribution is 0.738. The van der Waals surface area contributed by atoms with E-state index in [1.165, 1.54) is 5.56 Å². The number of rotatable bonds is 8. The first-order chi connectivity index (χ1) is 12.8. The molecule has 5 nitrogen and oxygen atoms in total. The molecule has 0 bridgehead atoms. The monoisotopic (exact) mass is 347 g/mol. The maximum Gasteiger partial charge on any atom is 0.247 e. The molecule has 0 fully saturated rings. The maximum atomic E-state index is 4.78. The van der Waals surface area contributed by atoms with Gasteiger partial charge in [0, 0.05) is 25.8 Å². The Hall–Kier alpha value is -2.95. The van der Waals surface area contributed by atoms with Gasteiger partial charge in [0.2, 0.25) is 5.95 Å². The van der Waals surface area contributed by atoms with Crippen LogP contribution in [0.2, 0.25) is 0 Å². The minimum atomic E-state index is 0.657. The second-order valence-electron chi connectivity index (χ2n) is 6.30. The van der Waals surface area contributed by atoms with Crippen LogP contribution in [0.3, 0.4) is 0 Å². The molecular weight excluding hydrogens is 322 g/mol. The van der Waals surface area contributed by atoms with E-state index in [0.717, 1.165) is 37.4 Å². The highest BCUT2D eigenvalue weighted by atomic mass is 15.3. The Kier molecular flexibility index (Phi) is 6.14. The lowest BCUT2D eigenvalue weighted by Crippen LogP contribution is -2.24. The summed E-state index contributed by atoms with van der Waals surface area (Å²) in [6.07, 6.45) is 3.98. The summed E-state index contributed by atoms with van der Waals surface area (Å²) in [6.45, 7) is 3.83. The van der Waals surface area contributed by atoms with Crippen molar-refractivity contribution in [3.8, 4) is 0 Å². The zero-order valence-corrected chi connectivity index (χ0v) is 15.4. The normalized spacial score (nSPS) is 10.5. The van der Waals surface area contributed by atoms with Gasteiger partial charge in [-0.05, 0) is 24.1 Å². The highest BCUT2D eigenvalue weighted by Crippen LogP contribution is 2.26. The van der Waals surface area contributed by atoms with E-state index in [0.29, 0.717) is 5.95 Å². The molecule has 0 aliphatic carbocycles. The van der Waals surface area contributed by atoms with E-state index >= 15 is 0 Å². The fourth-order valence-corrected chi connectivity index (χ4v) is 2.75. The number of nitrogens with zero attached hydrogens (tertiary/aromatic N) is 5. The number of unbranched alkanes of at least 4 members (excludes halogenated alkanes) is 1. The van der Waals surface area contributed by atoms with Crippen LogP contribution in [-0.4, -0.2) is 28.8 Å². The summed E-state index contributed by atoms with van der Waals surface area (Å²) in [4.78, 5) is 9.01. The molecule has 5 heteroatoms. The van der Waals surface area contributed by atoms with Crippen LogP contribution in [0.1, 0.15) is 25.3 Å². The fraction of sp³-hybridized carbons (Fsp3) is 0.286. The molecule has 26 heavy (non-hydrogen) atoms. The summed E-state index contributed by atoms with van der Waals surface area (Å²) in [6, 6.07) is 20.7. The van der Waals surface area contributed by atoms with Crippen LogP contribution < -0.4 is 9.80 Å². The van der Waals surface area contributed by atoms with Gasteiger partial charge in [0.05, 0.1) is 6.20 Å². The third-order valence-corrected chi connectivity index (χ3v) is 4.25. The molecular formula is C21H25N5. The third-order valence-electron chi connectivity index (χ3n) is 4.25. The Labute approximate surface area is 155 Å². The molecule has 0 N–H and O–H groups in total. The molecule has 0 unspecified atom stereocenters. The van der Waals surface area contributed by atoms with Crippen molar-refractivity contribution in [2.45, 2.75) is 26.3 Å². The molecule has 0 amide bonds. The summed E-state index contributed by atoms with van der Waals surface area (Å²) in [5.74, 6) is 1.46. The molecule has 3 aromatic rings. The van der Waals surface area contributed by atoms with Crippen LogP contribution in [0.4, 0.5) is 17.5 Å². The van der Waals surface area contributed by atoms with Crippen molar-refractivity contribution in [2.75, 3.05) is 23.4 Å². The van der Waals surface area contributed by atoms with Gasteiger partial charge >= 0.3 is 0 Å². The second-order valence-corrected chi connectivity index (χ2v) is 6.30. The van der Waals surface area contributed by atoms with Crippen molar-refractivity contribution in [3.63, 3.8) is 0 Å². The Morgan fingerprint density at radius 2 is 1.62 bits per heavy atom. The Bertz CT molecular complexity index is 792. The van der Waals surface area contributed by atoms with Gasteiger partial charge in [0.1, 0.15) is 0 Å². The highest BCUT2D eigenvalue weighted by Gasteiger charge is 2.14. The summed E-state index contributed by atoms with van der Waals surface area (Å²) in [5, 5.41) is 8.42. The third kappa shape index (κ3) is 4.57. The van der Waals surface area contributed by atoms with Gasteiger partial charge in [-0.25, -0.2) is 0 Å². The van der Waals surface area contributed by atoms with Crippen LogP contribution >= 0.6 is 0 Å². The molecule has 0 aliphatic heterocycles. The number of hydrogen-bond acceptors (Lipinski definition) is 5. The zero-order valence-electron chi connectivity index (χ0n) is 15.4. The highest BCUT2D eigenvalue weighted by molar-refractivity contribution is 5.60. The van der Waals surface area contributed by atoms with E-state index < -0.39 is 0 Å². The summed E-state index contributed by atoms with van der Waals surface area (Å²) >= 11 is 0. The van der Waals surface area contributed by atoms with Gasteiger partial charge in [0.15, 0.2) is 5.82 Å². The lowest BCUT2D eigenvalue weighted by Gasteiger charge is -2.25. The van der Waals surface area contributed by atoms with Gasteiger partial charge in [-0.1, -0.05) is 61.9 Å². The predicted molar refractivity (Wildman–Crippen MR) is 107 cm³/mol. The summed E-state index contributed by atoms with van der Waals surface area (Å²) in [5.41, 5.74) is 2.30. The van der Waals surface area contributed by atoms with E-state index in [1.807, 2.05) is 31.3 Å². The summed E-state index contributed by atoms with van der Waals surface area (Å²) in [7, 11) is 2.01. The maximum absolute atomic E-state index is 4.78. The Balaban J connectivity index is 1.91. The molecule has 134 valence electrons.